The number of rotatable bonds is 7. The summed E-state index contributed by atoms with van der Waals surface area (Å²) in [7, 11) is -4.08. The Kier molecular flexibility index (Phi) is 7.70. The van der Waals surface area contributed by atoms with Gasteiger partial charge in [-0.05, 0) is 25.5 Å². The number of amides is 1. The molecular weight excluding hydrogens is 513 g/mol. The largest absolute Gasteiger partial charge is 0.354 e. The van der Waals surface area contributed by atoms with E-state index < -0.39 is 7.60 Å². The summed E-state index contributed by atoms with van der Waals surface area (Å²) >= 11 is 7.40. The van der Waals surface area contributed by atoms with Crippen LogP contribution in [0.4, 0.5) is 22.5 Å². The number of aromatic nitrogens is 3. The average molecular weight is 538 g/mol. The van der Waals surface area contributed by atoms with Crippen molar-refractivity contribution in [3.05, 3.63) is 51.7 Å². The van der Waals surface area contributed by atoms with Crippen LogP contribution in [0.5, 0.6) is 0 Å². The number of hydrogen-bond donors (Lipinski definition) is 4. The van der Waals surface area contributed by atoms with Crippen molar-refractivity contribution in [3.63, 3.8) is 0 Å². The summed E-state index contributed by atoms with van der Waals surface area (Å²) in [5.41, 5.74) is 1.43. The smallest absolute Gasteiger partial charge is 0.339 e. The van der Waals surface area contributed by atoms with Gasteiger partial charge >= 0.3 is 7.60 Å². The predicted octanol–water partition coefficient (Wildman–Crippen LogP) is 3.46. The van der Waals surface area contributed by atoms with E-state index in [9.17, 15) is 19.1 Å². The van der Waals surface area contributed by atoms with E-state index in [1.165, 1.54) is 17.5 Å². The van der Waals surface area contributed by atoms with Gasteiger partial charge in [-0.15, -0.1) is 0 Å². The minimum absolute atomic E-state index is 0.244. The van der Waals surface area contributed by atoms with Crippen molar-refractivity contribution in [2.75, 3.05) is 48.0 Å². The minimum atomic E-state index is -4.08. The SMILES string of the molecule is Cc1nc(Nc2ncc(C(=O)Nc3c(C)cccc3Cl)s2)cc(N2CCN(CP(=O)(O)O)CC2)n1. The Morgan fingerprint density at radius 3 is 2.63 bits per heavy atom. The highest BCUT2D eigenvalue weighted by Gasteiger charge is 2.24. The molecule has 0 radical (unpaired) electrons. The molecule has 4 rings (SSSR count). The molecule has 3 heterocycles. The maximum atomic E-state index is 12.7. The van der Waals surface area contributed by atoms with Gasteiger partial charge in [-0.2, -0.15) is 0 Å². The van der Waals surface area contributed by atoms with Crippen LogP contribution in [0.3, 0.4) is 0 Å². The molecule has 186 valence electrons. The van der Waals surface area contributed by atoms with Gasteiger partial charge in [-0.25, -0.2) is 15.0 Å². The zero-order chi connectivity index (χ0) is 25.2. The Labute approximate surface area is 211 Å². The van der Waals surface area contributed by atoms with E-state index in [0.29, 0.717) is 64.4 Å². The number of halogens is 1. The summed E-state index contributed by atoms with van der Waals surface area (Å²) < 4.78 is 11.3. The van der Waals surface area contributed by atoms with Crippen LogP contribution in [-0.2, 0) is 4.57 Å². The summed E-state index contributed by atoms with van der Waals surface area (Å²) in [5, 5.41) is 6.94. The molecule has 0 aliphatic carbocycles. The predicted molar refractivity (Wildman–Crippen MR) is 137 cm³/mol. The fourth-order valence-electron chi connectivity index (χ4n) is 3.67. The first-order valence-electron chi connectivity index (χ1n) is 10.7. The van der Waals surface area contributed by atoms with Crippen LogP contribution in [0, 0.1) is 13.8 Å². The molecule has 3 aromatic rings. The molecule has 2 aromatic heterocycles. The van der Waals surface area contributed by atoms with E-state index in [1.54, 1.807) is 24.0 Å². The summed E-state index contributed by atoms with van der Waals surface area (Å²) in [4.78, 5) is 48.5. The highest BCUT2D eigenvalue weighted by atomic mass is 35.5. The molecular formula is C21H25ClN7O4PS. The van der Waals surface area contributed by atoms with Crippen molar-refractivity contribution in [2.45, 2.75) is 13.8 Å². The number of anilines is 4. The number of carbonyl (C=O) groups is 1. The highest BCUT2D eigenvalue weighted by molar-refractivity contribution is 7.51. The summed E-state index contributed by atoms with van der Waals surface area (Å²) in [6, 6.07) is 7.20. The molecule has 1 fully saturated rings. The third kappa shape index (κ3) is 6.75. The molecule has 1 aliphatic rings. The lowest BCUT2D eigenvalue weighted by atomic mass is 10.2. The Bertz CT molecular complexity index is 1260. The van der Waals surface area contributed by atoms with E-state index in [2.05, 4.69) is 25.6 Å². The minimum Gasteiger partial charge on any atom is -0.354 e. The van der Waals surface area contributed by atoms with Gasteiger partial charge in [0.15, 0.2) is 5.13 Å². The van der Waals surface area contributed by atoms with Crippen LogP contribution in [0.1, 0.15) is 21.1 Å². The van der Waals surface area contributed by atoms with E-state index in [4.69, 9.17) is 11.6 Å². The van der Waals surface area contributed by atoms with Crippen LogP contribution < -0.4 is 15.5 Å². The van der Waals surface area contributed by atoms with E-state index in [0.717, 1.165) is 5.56 Å². The quantitative estimate of drug-likeness (QED) is 0.331. The molecule has 0 spiro atoms. The standard InChI is InChI=1S/C21H25ClN7O4PS/c1-13-4-3-5-15(22)19(13)27-20(30)16-11-23-21(35-16)26-17-10-18(25-14(2)24-17)29-8-6-28(7-9-29)12-34(31,32)33/h3-5,10-11H,6-9,12H2,1-2H3,(H,27,30)(H2,31,32,33)(H,23,24,25,26). The maximum absolute atomic E-state index is 12.7. The molecule has 0 unspecified atom stereocenters. The number of nitrogens with zero attached hydrogens (tertiary/aromatic N) is 5. The molecule has 0 atom stereocenters. The van der Waals surface area contributed by atoms with Crippen LogP contribution >= 0.6 is 30.5 Å². The second-order valence-electron chi connectivity index (χ2n) is 8.11. The van der Waals surface area contributed by atoms with Crippen molar-refractivity contribution < 1.29 is 19.1 Å². The molecule has 1 aromatic carbocycles. The lowest BCUT2D eigenvalue weighted by Crippen LogP contribution is -2.46. The molecule has 1 aliphatic heterocycles. The van der Waals surface area contributed by atoms with Crippen LogP contribution in [0.25, 0.3) is 0 Å². The zero-order valence-electron chi connectivity index (χ0n) is 19.1. The molecule has 11 nitrogen and oxygen atoms in total. The van der Waals surface area contributed by atoms with E-state index >= 15 is 0 Å². The van der Waals surface area contributed by atoms with Gasteiger partial charge in [-0.3, -0.25) is 14.3 Å². The summed E-state index contributed by atoms with van der Waals surface area (Å²) in [6.45, 7) is 5.86. The van der Waals surface area contributed by atoms with Gasteiger partial charge in [-0.1, -0.05) is 35.1 Å². The number of nitrogens with one attached hydrogen (secondary N) is 2. The van der Waals surface area contributed by atoms with Gasteiger partial charge in [0.2, 0.25) is 0 Å². The van der Waals surface area contributed by atoms with Crippen molar-refractivity contribution in [2.24, 2.45) is 0 Å². The van der Waals surface area contributed by atoms with Gasteiger partial charge in [0.25, 0.3) is 5.91 Å². The second kappa shape index (κ2) is 10.6. The number of benzene rings is 1. The van der Waals surface area contributed by atoms with E-state index in [1.807, 2.05) is 24.0 Å². The third-order valence-electron chi connectivity index (χ3n) is 5.33. The normalized spacial score (nSPS) is 14.7. The molecule has 4 N–H and O–H groups in total. The number of thiazole rings is 1. The van der Waals surface area contributed by atoms with Crippen LogP contribution in [-0.4, -0.2) is 68.0 Å². The third-order valence-corrected chi connectivity index (χ3v) is 7.32. The number of para-hydroxylation sites is 1. The topological polar surface area (TPSA) is 144 Å². The van der Waals surface area contributed by atoms with Crippen molar-refractivity contribution in [3.8, 4) is 0 Å². The van der Waals surface area contributed by atoms with E-state index in [-0.39, 0.29) is 12.2 Å². The molecule has 0 saturated carbocycles. The molecule has 1 saturated heterocycles. The maximum Gasteiger partial charge on any atom is 0.339 e. The average Bonchev–Trinajstić information content (AvgIpc) is 3.24. The van der Waals surface area contributed by atoms with Gasteiger partial charge in [0, 0.05) is 32.2 Å². The van der Waals surface area contributed by atoms with Crippen LogP contribution in [0.2, 0.25) is 5.02 Å². The highest BCUT2D eigenvalue weighted by Crippen LogP contribution is 2.35. The van der Waals surface area contributed by atoms with Crippen molar-refractivity contribution in [1.82, 2.24) is 19.9 Å². The summed E-state index contributed by atoms with van der Waals surface area (Å²) in [5.74, 6) is 1.50. The monoisotopic (exact) mass is 537 g/mol. The fraction of sp³-hybridized carbons (Fsp3) is 0.333. The zero-order valence-corrected chi connectivity index (χ0v) is 21.6. The molecule has 0 bridgehead atoms. The molecule has 1 amide bonds. The second-order valence-corrected chi connectivity index (χ2v) is 11.2. The van der Waals surface area contributed by atoms with Crippen LogP contribution in [0.15, 0.2) is 30.5 Å². The van der Waals surface area contributed by atoms with Gasteiger partial charge < -0.3 is 25.3 Å². The number of piperazine rings is 1. The number of hydrogen-bond acceptors (Lipinski definition) is 9. The lowest BCUT2D eigenvalue weighted by Gasteiger charge is -2.35. The lowest BCUT2D eigenvalue weighted by molar-refractivity contribution is 0.103. The Morgan fingerprint density at radius 2 is 1.94 bits per heavy atom. The number of aryl methyl sites for hydroxylation is 2. The first-order valence-corrected chi connectivity index (χ1v) is 13.7. The molecule has 14 heteroatoms. The Hall–Kier alpha value is -2.60. The number of carbonyl (C=O) groups excluding carboxylic acids is 1. The van der Waals surface area contributed by atoms with Crippen molar-refractivity contribution >= 4 is 58.9 Å². The molecule has 35 heavy (non-hydrogen) atoms. The fourth-order valence-corrected chi connectivity index (χ4v) is 5.46. The van der Waals surface area contributed by atoms with Gasteiger partial charge in [0.05, 0.1) is 16.9 Å². The Morgan fingerprint density at radius 1 is 1.20 bits per heavy atom. The first kappa shape index (κ1) is 25.5. The summed E-state index contributed by atoms with van der Waals surface area (Å²) in [6.07, 6.45) is 1.25. The van der Waals surface area contributed by atoms with Crippen molar-refractivity contribution in [1.29, 1.82) is 0 Å². The Balaban J connectivity index is 1.42. The first-order chi connectivity index (χ1) is 16.6. The van der Waals surface area contributed by atoms with Gasteiger partial charge in [0.1, 0.15) is 28.6 Å².